The van der Waals surface area contributed by atoms with Crippen LogP contribution in [-0.4, -0.2) is 15.9 Å². The van der Waals surface area contributed by atoms with Gasteiger partial charge in [-0.15, -0.1) is 24.0 Å². The average molecular weight is 277 g/mol. The van der Waals surface area contributed by atoms with Gasteiger partial charge >= 0.3 is 0 Å². The molecular formula is C13H11NO2S2. The van der Waals surface area contributed by atoms with Crippen molar-refractivity contribution < 1.29 is 9.59 Å². The van der Waals surface area contributed by atoms with E-state index in [2.05, 4.69) is 17.6 Å². The van der Waals surface area contributed by atoms with Crippen molar-refractivity contribution in [2.24, 2.45) is 0 Å². The van der Waals surface area contributed by atoms with Crippen molar-refractivity contribution in [2.45, 2.75) is 13.3 Å². The second-order valence-electron chi connectivity index (χ2n) is 3.83. The Hall–Kier alpha value is -1.46. The molecule has 0 aliphatic heterocycles. The maximum Gasteiger partial charge on any atom is 0.192 e. The summed E-state index contributed by atoms with van der Waals surface area (Å²) >= 11 is 5.17. The van der Waals surface area contributed by atoms with Gasteiger partial charge in [0.15, 0.2) is 10.9 Å². The molecule has 2 aromatic rings. The molecule has 0 radical (unpaired) electrons. The van der Waals surface area contributed by atoms with Crippen LogP contribution in [0.1, 0.15) is 22.3 Å². The predicted octanol–water partition coefficient (Wildman–Crippen LogP) is 3.01. The Morgan fingerprint density at radius 2 is 1.94 bits per heavy atom. The van der Waals surface area contributed by atoms with Gasteiger partial charge in [0.1, 0.15) is 5.01 Å². The molecule has 0 N–H and O–H groups in total. The number of nitrogens with zero attached hydrogens (tertiary/aromatic N) is 1. The smallest absolute Gasteiger partial charge is 0.192 e. The molecule has 0 bridgehead atoms. The molecule has 0 atom stereocenters. The van der Waals surface area contributed by atoms with Crippen molar-refractivity contribution in [1.82, 2.24) is 4.98 Å². The van der Waals surface area contributed by atoms with Crippen molar-refractivity contribution in [3.05, 3.63) is 40.2 Å². The molecule has 0 saturated heterocycles. The van der Waals surface area contributed by atoms with E-state index in [4.69, 9.17) is 0 Å². The molecule has 3 nitrogen and oxygen atoms in total. The standard InChI is InChI=1S/C13H11NO2S2/c1-8(15)9-2-4-10(5-3-9)11-7-18-12(14-11)6-13(16)17/h2-5,7H,6H2,1H3,(H,16,17). The lowest BCUT2D eigenvalue weighted by atomic mass is 10.1. The van der Waals surface area contributed by atoms with Crippen LogP contribution in [0.4, 0.5) is 0 Å². The summed E-state index contributed by atoms with van der Waals surface area (Å²) in [5.74, 6) is 0.0428. The summed E-state index contributed by atoms with van der Waals surface area (Å²) in [5, 5.41) is 2.46. The summed E-state index contributed by atoms with van der Waals surface area (Å²) in [6.45, 7) is 1.54. The first kappa shape index (κ1) is 13.0. The van der Waals surface area contributed by atoms with Gasteiger partial charge in [-0.05, 0) is 6.92 Å². The first-order valence-electron chi connectivity index (χ1n) is 5.34. The van der Waals surface area contributed by atoms with Gasteiger partial charge in [0, 0.05) is 16.5 Å². The van der Waals surface area contributed by atoms with Gasteiger partial charge in [-0.1, -0.05) is 24.3 Å². The van der Waals surface area contributed by atoms with E-state index in [1.54, 1.807) is 12.1 Å². The maximum absolute atomic E-state index is 11.2. The molecule has 0 amide bonds. The summed E-state index contributed by atoms with van der Waals surface area (Å²) in [5.41, 5.74) is 2.44. The van der Waals surface area contributed by atoms with E-state index >= 15 is 0 Å². The van der Waals surface area contributed by atoms with Crippen LogP contribution in [0, 0.1) is 0 Å². The van der Waals surface area contributed by atoms with Crippen LogP contribution in [0.2, 0.25) is 0 Å². The maximum atomic E-state index is 11.2. The number of carbonyl (C=O) groups is 2. The van der Waals surface area contributed by atoms with E-state index in [1.807, 2.05) is 17.5 Å². The van der Waals surface area contributed by atoms with Crippen LogP contribution < -0.4 is 0 Å². The lowest BCUT2D eigenvalue weighted by Crippen LogP contribution is -1.93. The zero-order chi connectivity index (χ0) is 13.1. The van der Waals surface area contributed by atoms with E-state index in [0.29, 0.717) is 5.56 Å². The Morgan fingerprint density at radius 3 is 2.50 bits per heavy atom. The van der Waals surface area contributed by atoms with Gasteiger partial charge in [0.2, 0.25) is 0 Å². The quantitative estimate of drug-likeness (QED) is 0.690. The highest BCUT2D eigenvalue weighted by Gasteiger charge is 2.07. The molecule has 1 heterocycles. The average Bonchev–Trinajstić information content (AvgIpc) is 2.76. The SMILES string of the molecule is CC(=O)c1ccc(-c2csc(CC(=O)S)n2)cc1. The minimum absolute atomic E-state index is 0.0428. The molecule has 0 unspecified atom stereocenters. The number of benzene rings is 1. The van der Waals surface area contributed by atoms with E-state index in [-0.39, 0.29) is 17.3 Å². The van der Waals surface area contributed by atoms with E-state index < -0.39 is 0 Å². The fraction of sp³-hybridized carbons (Fsp3) is 0.154. The Balaban J connectivity index is 2.23. The molecular weight excluding hydrogens is 266 g/mol. The Labute approximate surface area is 114 Å². The molecule has 0 spiro atoms. The van der Waals surface area contributed by atoms with Gasteiger partial charge in [-0.3, -0.25) is 9.59 Å². The number of hydrogen-bond acceptors (Lipinski definition) is 4. The minimum Gasteiger partial charge on any atom is -0.295 e. The highest BCUT2D eigenvalue weighted by Crippen LogP contribution is 2.23. The highest BCUT2D eigenvalue weighted by atomic mass is 32.1. The summed E-state index contributed by atoms with van der Waals surface area (Å²) in [6, 6.07) is 7.27. The largest absolute Gasteiger partial charge is 0.295 e. The first-order valence-corrected chi connectivity index (χ1v) is 6.66. The molecule has 1 aromatic carbocycles. The van der Waals surface area contributed by atoms with Crippen LogP contribution in [0.3, 0.4) is 0 Å². The van der Waals surface area contributed by atoms with Crippen LogP contribution in [0.25, 0.3) is 11.3 Å². The van der Waals surface area contributed by atoms with Crippen molar-refractivity contribution in [3.63, 3.8) is 0 Å². The van der Waals surface area contributed by atoms with Crippen molar-refractivity contribution in [2.75, 3.05) is 0 Å². The Morgan fingerprint density at radius 1 is 1.28 bits per heavy atom. The third kappa shape index (κ3) is 3.05. The van der Waals surface area contributed by atoms with Gasteiger partial charge in [0.05, 0.1) is 12.1 Å². The zero-order valence-corrected chi connectivity index (χ0v) is 11.4. The van der Waals surface area contributed by atoms with Gasteiger partial charge in [-0.25, -0.2) is 4.98 Å². The lowest BCUT2D eigenvalue weighted by molar-refractivity contribution is -0.110. The number of thiazole rings is 1. The number of aromatic nitrogens is 1. The van der Waals surface area contributed by atoms with Gasteiger partial charge in [0.25, 0.3) is 0 Å². The Bertz CT molecular complexity index is 587. The topological polar surface area (TPSA) is 47.0 Å². The minimum atomic E-state index is -0.192. The third-order valence-corrected chi connectivity index (χ3v) is 3.45. The fourth-order valence-electron chi connectivity index (χ4n) is 1.53. The third-order valence-electron chi connectivity index (χ3n) is 2.44. The number of carbonyl (C=O) groups excluding carboxylic acids is 2. The summed E-state index contributed by atoms with van der Waals surface area (Å²) in [6.07, 6.45) is 0.249. The molecule has 0 fully saturated rings. The molecule has 2 rings (SSSR count). The number of rotatable bonds is 4. The number of ketones is 1. The van der Waals surface area contributed by atoms with Crippen molar-refractivity contribution in [1.29, 1.82) is 0 Å². The summed E-state index contributed by atoms with van der Waals surface area (Å²) in [4.78, 5) is 26.4. The van der Waals surface area contributed by atoms with Gasteiger partial charge in [-0.2, -0.15) is 0 Å². The zero-order valence-electron chi connectivity index (χ0n) is 9.71. The monoisotopic (exact) mass is 277 g/mol. The van der Waals surface area contributed by atoms with Crippen LogP contribution in [-0.2, 0) is 11.2 Å². The predicted molar refractivity (Wildman–Crippen MR) is 75.3 cm³/mol. The van der Waals surface area contributed by atoms with Crippen molar-refractivity contribution >= 4 is 34.9 Å². The molecule has 0 aliphatic carbocycles. The van der Waals surface area contributed by atoms with E-state index in [9.17, 15) is 9.59 Å². The summed E-state index contributed by atoms with van der Waals surface area (Å²) < 4.78 is 0. The molecule has 1 aromatic heterocycles. The molecule has 0 saturated carbocycles. The lowest BCUT2D eigenvalue weighted by Gasteiger charge is -1.98. The fourth-order valence-corrected chi connectivity index (χ4v) is 2.59. The van der Waals surface area contributed by atoms with E-state index in [0.717, 1.165) is 16.3 Å². The molecule has 92 valence electrons. The van der Waals surface area contributed by atoms with Crippen LogP contribution >= 0.6 is 24.0 Å². The van der Waals surface area contributed by atoms with Crippen LogP contribution in [0.5, 0.6) is 0 Å². The number of hydrogen-bond donors (Lipinski definition) is 1. The van der Waals surface area contributed by atoms with Gasteiger partial charge < -0.3 is 0 Å². The molecule has 5 heteroatoms. The number of Topliss-reactive ketones (excluding diaryl/α,β-unsaturated/α-hetero) is 1. The second-order valence-corrected chi connectivity index (χ2v) is 5.27. The summed E-state index contributed by atoms with van der Waals surface area (Å²) in [7, 11) is 0. The number of thiol groups is 1. The highest BCUT2D eigenvalue weighted by molar-refractivity contribution is 7.96. The van der Waals surface area contributed by atoms with E-state index in [1.165, 1.54) is 18.3 Å². The normalized spacial score (nSPS) is 10.3. The molecule has 18 heavy (non-hydrogen) atoms. The van der Waals surface area contributed by atoms with Crippen molar-refractivity contribution in [3.8, 4) is 11.3 Å². The Kier molecular flexibility index (Phi) is 3.93. The molecule has 0 aliphatic rings. The first-order chi connectivity index (χ1) is 8.56. The van der Waals surface area contributed by atoms with Crippen LogP contribution in [0.15, 0.2) is 29.6 Å². The second kappa shape index (κ2) is 5.46.